The summed E-state index contributed by atoms with van der Waals surface area (Å²) < 4.78 is 40.3. The number of para-hydroxylation sites is 1. The molecule has 61 heavy (non-hydrogen) atoms. The molecule has 0 radical (unpaired) electrons. The first kappa shape index (κ1) is 42.0. The first-order valence-corrected chi connectivity index (χ1v) is 22.6. The summed E-state index contributed by atoms with van der Waals surface area (Å²) in [6, 6.07) is 23.7. The van der Waals surface area contributed by atoms with Gasteiger partial charge in [-0.2, -0.15) is 0 Å². The van der Waals surface area contributed by atoms with E-state index in [1.165, 1.54) is 11.0 Å². The molecule has 4 aliphatic rings. The van der Waals surface area contributed by atoms with E-state index in [9.17, 15) is 22.8 Å². The summed E-state index contributed by atoms with van der Waals surface area (Å²) in [7, 11) is -2.33. The Hall–Kier alpha value is -5.76. The lowest BCUT2D eigenvalue weighted by atomic mass is 9.77. The monoisotopic (exact) mass is 847 g/mol. The summed E-state index contributed by atoms with van der Waals surface area (Å²) in [5.74, 6) is -2.27. The Morgan fingerprint density at radius 1 is 1.02 bits per heavy atom. The number of ether oxygens (including phenoxy) is 2. The Kier molecular flexibility index (Phi) is 11.2. The highest BCUT2D eigenvalue weighted by atomic mass is 32.2. The lowest BCUT2D eigenvalue weighted by Gasteiger charge is -2.37. The molecule has 2 N–H and O–H groups in total. The van der Waals surface area contributed by atoms with Gasteiger partial charge in [-0.05, 0) is 61.3 Å². The number of carbonyl (C=O) groups is 4. The summed E-state index contributed by atoms with van der Waals surface area (Å²) in [5.41, 5.74) is 1.81. The van der Waals surface area contributed by atoms with Crippen LogP contribution in [0.2, 0.25) is 0 Å². The van der Waals surface area contributed by atoms with Crippen molar-refractivity contribution in [1.29, 1.82) is 0 Å². The number of fused-ring (bicyclic) bond motifs is 2. The number of amides is 4. The number of anilines is 1. The zero-order chi connectivity index (χ0) is 43.3. The molecule has 3 fully saturated rings. The molecule has 13 nitrogen and oxygen atoms in total. The maximum absolute atomic E-state index is 15.1. The molecule has 2 aliphatic heterocycles. The summed E-state index contributed by atoms with van der Waals surface area (Å²) in [4.78, 5) is 65.9. The first-order chi connectivity index (χ1) is 29.1. The van der Waals surface area contributed by atoms with E-state index in [1.54, 1.807) is 12.0 Å². The largest absolute Gasteiger partial charge is 0.497 e. The Bertz CT molecular complexity index is 2500. The van der Waals surface area contributed by atoms with Crippen molar-refractivity contribution in [3.8, 4) is 22.8 Å². The second-order valence-corrected chi connectivity index (χ2v) is 19.8. The standard InChI is InChI=1S/C47H53N5O8S/c1-6-31-27-47(31,45(56)50-61(57,58)34-19-20-34)49-43(54)40-24-33(60-41-26-37(29-13-8-7-9-14-29)48-38-23-32(59-5)18-21-35(38)41)28-52(40)44(55)36(46(2,3)4)25-42(53)51-22-12-16-30-15-10-11-17-39(30)51/h6-11,13-15,17-18,21,23,26,31,33-34,36,40H,1,12,16,19-20,22,24-25,27-28H2,2-5H3,(H,49,54)(H,50,56)/t31?,33?,36-,40?,47?/m1/s1. The number of sulfonamides is 1. The number of rotatable bonds is 13. The number of benzene rings is 3. The molecule has 2 aliphatic carbocycles. The van der Waals surface area contributed by atoms with Crippen LogP contribution in [0.3, 0.4) is 0 Å². The van der Waals surface area contributed by atoms with E-state index in [-0.39, 0.29) is 31.7 Å². The van der Waals surface area contributed by atoms with Crippen molar-refractivity contribution in [3.05, 3.63) is 97.1 Å². The van der Waals surface area contributed by atoms with Crippen LogP contribution in [-0.2, 0) is 35.6 Å². The summed E-state index contributed by atoms with van der Waals surface area (Å²) >= 11 is 0. The average molecular weight is 848 g/mol. The van der Waals surface area contributed by atoms with Gasteiger partial charge in [0.15, 0.2) is 0 Å². The fourth-order valence-electron chi connectivity index (χ4n) is 8.77. The maximum Gasteiger partial charge on any atom is 0.259 e. The van der Waals surface area contributed by atoms with Crippen molar-refractivity contribution in [1.82, 2.24) is 19.9 Å². The molecule has 4 amide bonds. The first-order valence-electron chi connectivity index (χ1n) is 21.0. The molecule has 0 spiro atoms. The lowest BCUT2D eigenvalue weighted by molar-refractivity contribution is -0.146. The molecule has 14 heteroatoms. The number of hydrogen-bond acceptors (Lipinski definition) is 9. The van der Waals surface area contributed by atoms with Crippen LogP contribution in [0.25, 0.3) is 22.2 Å². The Balaban J connectivity index is 1.12. The van der Waals surface area contributed by atoms with Crippen LogP contribution in [0.1, 0.15) is 64.9 Å². The molecule has 0 bridgehead atoms. The van der Waals surface area contributed by atoms with E-state index < -0.39 is 67.9 Å². The highest BCUT2D eigenvalue weighted by Crippen LogP contribution is 2.46. The molecule has 3 aromatic carbocycles. The van der Waals surface area contributed by atoms with Crippen LogP contribution >= 0.6 is 0 Å². The van der Waals surface area contributed by atoms with Gasteiger partial charge in [0, 0.05) is 54.1 Å². The van der Waals surface area contributed by atoms with Gasteiger partial charge < -0.3 is 24.6 Å². The summed E-state index contributed by atoms with van der Waals surface area (Å²) in [6.45, 7) is 10.1. The Labute approximate surface area is 356 Å². The minimum Gasteiger partial charge on any atom is -0.497 e. The van der Waals surface area contributed by atoms with Crippen LogP contribution in [-0.4, -0.2) is 85.1 Å². The van der Waals surface area contributed by atoms with Crippen LogP contribution in [0, 0.1) is 17.3 Å². The van der Waals surface area contributed by atoms with Gasteiger partial charge in [0.25, 0.3) is 5.91 Å². The Morgan fingerprint density at radius 3 is 2.44 bits per heavy atom. The maximum atomic E-state index is 15.1. The van der Waals surface area contributed by atoms with E-state index >= 15 is 4.79 Å². The average Bonchev–Trinajstić information content (AvgIpc) is 4.18. The van der Waals surface area contributed by atoms with Gasteiger partial charge in [-0.1, -0.05) is 75.4 Å². The van der Waals surface area contributed by atoms with Crippen molar-refractivity contribution in [2.45, 2.75) is 88.7 Å². The van der Waals surface area contributed by atoms with E-state index in [1.807, 2.05) is 99.6 Å². The number of nitrogens with zero attached hydrogens (tertiary/aromatic N) is 3. The molecule has 1 aromatic heterocycles. The van der Waals surface area contributed by atoms with Gasteiger partial charge in [-0.15, -0.1) is 6.58 Å². The quantitative estimate of drug-likeness (QED) is 0.155. The molecule has 3 heterocycles. The number of aryl methyl sites for hydroxylation is 1. The number of carbonyl (C=O) groups excluding carboxylic acids is 4. The Morgan fingerprint density at radius 2 is 1.75 bits per heavy atom. The zero-order valence-electron chi connectivity index (χ0n) is 35.1. The number of methoxy groups -OCH3 is 1. The van der Waals surface area contributed by atoms with Gasteiger partial charge in [0.1, 0.15) is 29.2 Å². The molecule has 1 saturated heterocycles. The van der Waals surface area contributed by atoms with Gasteiger partial charge >= 0.3 is 0 Å². The predicted octanol–water partition coefficient (Wildman–Crippen LogP) is 5.96. The van der Waals surface area contributed by atoms with Crippen LogP contribution in [0.4, 0.5) is 5.69 Å². The third kappa shape index (κ3) is 8.46. The summed E-state index contributed by atoms with van der Waals surface area (Å²) in [5, 5.41) is 2.94. The van der Waals surface area contributed by atoms with Gasteiger partial charge in [0.05, 0.1) is 36.0 Å². The van der Waals surface area contributed by atoms with E-state index in [0.29, 0.717) is 47.5 Å². The van der Waals surface area contributed by atoms with Crippen LogP contribution in [0.5, 0.6) is 11.5 Å². The topological polar surface area (TPSA) is 164 Å². The van der Waals surface area contributed by atoms with E-state index in [0.717, 1.165) is 29.7 Å². The van der Waals surface area contributed by atoms with Gasteiger partial charge in [-0.25, -0.2) is 13.4 Å². The van der Waals surface area contributed by atoms with Crippen LogP contribution in [0.15, 0.2) is 91.5 Å². The van der Waals surface area contributed by atoms with Gasteiger partial charge in [0.2, 0.25) is 27.7 Å². The normalized spacial score (nSPS) is 22.8. The SMILES string of the molecule is C=CC1CC1(NC(=O)C1CC(Oc2cc(-c3ccccc3)nc3cc(OC)ccc23)CN1C(=O)[C@@H](CC(=O)N1CCCc2ccccc21)C(C)(C)C)C(=O)NS(=O)(=O)C1CC1. The number of nitrogens with one attached hydrogen (secondary N) is 2. The fraction of sp³-hybridized carbons (Fsp3) is 0.426. The number of pyridine rings is 1. The molecular formula is C47H53N5O8S. The number of aromatic nitrogens is 1. The summed E-state index contributed by atoms with van der Waals surface area (Å²) in [6.07, 6.45) is 3.53. The molecule has 4 unspecified atom stereocenters. The van der Waals surface area contributed by atoms with Crippen molar-refractivity contribution in [3.63, 3.8) is 0 Å². The van der Waals surface area contributed by atoms with E-state index in [4.69, 9.17) is 14.5 Å². The highest BCUT2D eigenvalue weighted by Gasteiger charge is 2.62. The molecule has 2 saturated carbocycles. The third-order valence-corrected chi connectivity index (χ3v) is 14.4. The van der Waals surface area contributed by atoms with Crippen molar-refractivity contribution < 1.29 is 37.1 Å². The minimum atomic E-state index is -3.92. The minimum absolute atomic E-state index is 0.00498. The number of likely N-dealkylation sites (tertiary alicyclic amines) is 1. The molecular weight excluding hydrogens is 795 g/mol. The third-order valence-electron chi connectivity index (χ3n) is 12.6. The van der Waals surface area contributed by atoms with Crippen molar-refractivity contribution in [2.75, 3.05) is 25.1 Å². The van der Waals surface area contributed by atoms with E-state index in [2.05, 4.69) is 16.6 Å². The molecule has 4 aromatic rings. The number of hydrogen-bond donors (Lipinski definition) is 2. The second-order valence-electron chi connectivity index (χ2n) is 17.8. The van der Waals surface area contributed by atoms with Crippen molar-refractivity contribution in [2.24, 2.45) is 17.3 Å². The predicted molar refractivity (Wildman–Crippen MR) is 232 cm³/mol. The van der Waals surface area contributed by atoms with Gasteiger partial charge in [-0.3, -0.25) is 23.9 Å². The van der Waals surface area contributed by atoms with Crippen LogP contribution < -0.4 is 24.4 Å². The van der Waals surface area contributed by atoms with Crippen molar-refractivity contribution >= 4 is 50.2 Å². The highest BCUT2D eigenvalue weighted by molar-refractivity contribution is 7.91. The molecule has 320 valence electrons. The smallest absolute Gasteiger partial charge is 0.259 e. The zero-order valence-corrected chi connectivity index (χ0v) is 35.9. The lowest BCUT2D eigenvalue weighted by Crippen LogP contribution is -2.57. The molecule has 5 atom stereocenters. The second kappa shape index (κ2) is 16.3. The fourth-order valence-corrected chi connectivity index (χ4v) is 10.1. The molecule has 8 rings (SSSR count).